The van der Waals surface area contributed by atoms with E-state index in [0.29, 0.717) is 18.5 Å². The van der Waals surface area contributed by atoms with E-state index < -0.39 is 0 Å². The number of nitrogens with one attached hydrogen (secondary N) is 2. The van der Waals surface area contributed by atoms with Crippen LogP contribution < -0.4 is 10.6 Å². The van der Waals surface area contributed by atoms with Gasteiger partial charge in [-0.2, -0.15) is 0 Å². The van der Waals surface area contributed by atoms with Crippen molar-refractivity contribution in [2.24, 2.45) is 17.8 Å². The topological polar surface area (TPSA) is 44.4 Å². The average molecular weight is 267 g/mol. The number of nitrogens with zero attached hydrogens (tertiary/aromatic N) is 1. The summed E-state index contributed by atoms with van der Waals surface area (Å²) in [4.78, 5) is 14.5. The molecular formula is C15H29N3O. The zero-order valence-corrected chi connectivity index (χ0v) is 12.8. The van der Waals surface area contributed by atoms with Gasteiger partial charge >= 0.3 is 0 Å². The molecule has 110 valence electrons. The maximum absolute atomic E-state index is 12.1. The number of carbonyl (C=O) groups excluding carboxylic acids is 1. The zero-order valence-electron chi connectivity index (χ0n) is 12.8. The number of rotatable bonds is 5. The van der Waals surface area contributed by atoms with E-state index in [1.165, 1.54) is 0 Å². The van der Waals surface area contributed by atoms with E-state index in [2.05, 4.69) is 43.2 Å². The second-order valence-electron chi connectivity index (χ2n) is 6.59. The minimum atomic E-state index is 0.188. The number of amides is 1. The van der Waals surface area contributed by atoms with Crippen molar-refractivity contribution in [3.8, 4) is 0 Å². The van der Waals surface area contributed by atoms with Crippen molar-refractivity contribution in [1.29, 1.82) is 0 Å². The molecule has 4 unspecified atom stereocenters. The molecule has 0 aromatic rings. The fourth-order valence-electron chi connectivity index (χ4n) is 3.50. The van der Waals surface area contributed by atoms with Gasteiger partial charge in [-0.1, -0.05) is 20.8 Å². The van der Waals surface area contributed by atoms with Crippen LogP contribution in [0.3, 0.4) is 0 Å². The Morgan fingerprint density at radius 3 is 2.74 bits per heavy atom. The first kappa shape index (κ1) is 14.8. The molecule has 0 aliphatic carbocycles. The van der Waals surface area contributed by atoms with Gasteiger partial charge in [-0.3, -0.25) is 9.69 Å². The largest absolute Gasteiger partial charge is 0.352 e. The predicted molar refractivity (Wildman–Crippen MR) is 77.9 cm³/mol. The van der Waals surface area contributed by atoms with Gasteiger partial charge in [0.15, 0.2) is 0 Å². The molecule has 2 N–H and O–H groups in total. The lowest BCUT2D eigenvalue weighted by molar-refractivity contribution is -0.123. The summed E-state index contributed by atoms with van der Waals surface area (Å²) >= 11 is 0. The van der Waals surface area contributed by atoms with Crippen molar-refractivity contribution >= 4 is 5.91 Å². The molecule has 0 bridgehead atoms. The quantitative estimate of drug-likeness (QED) is 0.783. The smallest absolute Gasteiger partial charge is 0.234 e. The van der Waals surface area contributed by atoms with Crippen molar-refractivity contribution in [2.45, 2.75) is 46.2 Å². The standard InChI is InChI=1S/C15H29N3O/c1-5-14-13-7-16-6-12(13)8-18(14)9-15(19)17-11(4)10(2)3/h10-14,16H,5-9H2,1-4H3,(H,17,19). The predicted octanol–water partition coefficient (Wildman–Crippen LogP) is 1.08. The van der Waals surface area contributed by atoms with E-state index in [4.69, 9.17) is 0 Å². The highest BCUT2D eigenvalue weighted by Gasteiger charge is 2.43. The Morgan fingerprint density at radius 2 is 2.11 bits per heavy atom. The third kappa shape index (κ3) is 3.29. The van der Waals surface area contributed by atoms with Gasteiger partial charge in [0.2, 0.25) is 5.91 Å². The van der Waals surface area contributed by atoms with Gasteiger partial charge in [0, 0.05) is 18.6 Å². The lowest BCUT2D eigenvalue weighted by atomic mass is 9.93. The third-order valence-electron chi connectivity index (χ3n) is 4.98. The molecule has 2 heterocycles. The number of carbonyl (C=O) groups is 1. The molecule has 2 saturated heterocycles. The lowest BCUT2D eigenvalue weighted by Gasteiger charge is -2.27. The maximum Gasteiger partial charge on any atom is 0.234 e. The Morgan fingerprint density at radius 1 is 1.37 bits per heavy atom. The SMILES string of the molecule is CCC1C2CNCC2CN1CC(=O)NC(C)C(C)C. The molecule has 0 aromatic heterocycles. The van der Waals surface area contributed by atoms with Crippen LogP contribution in [0.1, 0.15) is 34.1 Å². The van der Waals surface area contributed by atoms with Gasteiger partial charge in [-0.15, -0.1) is 0 Å². The summed E-state index contributed by atoms with van der Waals surface area (Å²) in [7, 11) is 0. The molecule has 0 saturated carbocycles. The van der Waals surface area contributed by atoms with Crippen LogP contribution in [0.25, 0.3) is 0 Å². The third-order valence-corrected chi connectivity index (χ3v) is 4.98. The van der Waals surface area contributed by atoms with Crippen molar-refractivity contribution in [3.05, 3.63) is 0 Å². The Hall–Kier alpha value is -0.610. The van der Waals surface area contributed by atoms with E-state index >= 15 is 0 Å². The molecule has 2 aliphatic heterocycles. The normalized spacial score (nSPS) is 32.6. The molecule has 2 aliphatic rings. The summed E-state index contributed by atoms with van der Waals surface area (Å²) < 4.78 is 0. The van der Waals surface area contributed by atoms with Crippen LogP contribution in [0.15, 0.2) is 0 Å². The van der Waals surface area contributed by atoms with Crippen LogP contribution in [0, 0.1) is 17.8 Å². The molecule has 4 atom stereocenters. The summed E-state index contributed by atoms with van der Waals surface area (Å²) in [6, 6.07) is 0.844. The Bertz CT molecular complexity index is 319. The van der Waals surface area contributed by atoms with Crippen LogP contribution in [-0.2, 0) is 4.79 Å². The van der Waals surface area contributed by atoms with E-state index in [9.17, 15) is 4.79 Å². The highest BCUT2D eigenvalue weighted by atomic mass is 16.2. The van der Waals surface area contributed by atoms with Gasteiger partial charge < -0.3 is 10.6 Å². The average Bonchev–Trinajstić information content (AvgIpc) is 2.88. The first-order valence-corrected chi connectivity index (χ1v) is 7.77. The lowest BCUT2D eigenvalue weighted by Crippen LogP contribution is -2.45. The molecule has 0 radical (unpaired) electrons. The van der Waals surface area contributed by atoms with E-state index in [1.54, 1.807) is 0 Å². The van der Waals surface area contributed by atoms with Gasteiger partial charge in [0.25, 0.3) is 0 Å². The number of hydrogen-bond acceptors (Lipinski definition) is 3. The zero-order chi connectivity index (χ0) is 14.0. The molecule has 19 heavy (non-hydrogen) atoms. The molecule has 4 heteroatoms. The first-order chi connectivity index (χ1) is 9.02. The number of likely N-dealkylation sites (tertiary alicyclic amines) is 1. The Kier molecular flexibility index (Phi) is 4.85. The molecule has 2 fully saturated rings. The maximum atomic E-state index is 12.1. The van der Waals surface area contributed by atoms with Crippen molar-refractivity contribution < 1.29 is 4.79 Å². The van der Waals surface area contributed by atoms with Crippen LogP contribution in [0.2, 0.25) is 0 Å². The molecule has 1 amide bonds. The Balaban J connectivity index is 1.87. The fraction of sp³-hybridized carbons (Fsp3) is 0.933. The number of hydrogen-bond donors (Lipinski definition) is 2. The number of fused-ring (bicyclic) bond motifs is 1. The van der Waals surface area contributed by atoms with Gasteiger partial charge in [0.05, 0.1) is 6.54 Å². The molecule has 4 nitrogen and oxygen atoms in total. The van der Waals surface area contributed by atoms with Gasteiger partial charge in [-0.25, -0.2) is 0 Å². The van der Waals surface area contributed by atoms with E-state index in [-0.39, 0.29) is 11.9 Å². The van der Waals surface area contributed by atoms with Gasteiger partial charge in [-0.05, 0) is 44.2 Å². The summed E-state index contributed by atoms with van der Waals surface area (Å²) in [6.07, 6.45) is 1.15. The van der Waals surface area contributed by atoms with Crippen LogP contribution in [0.5, 0.6) is 0 Å². The van der Waals surface area contributed by atoms with Crippen molar-refractivity contribution in [2.75, 3.05) is 26.2 Å². The second kappa shape index (κ2) is 6.23. The van der Waals surface area contributed by atoms with Crippen LogP contribution in [0.4, 0.5) is 0 Å². The fourth-order valence-corrected chi connectivity index (χ4v) is 3.50. The van der Waals surface area contributed by atoms with E-state index in [1.807, 2.05) is 0 Å². The van der Waals surface area contributed by atoms with Crippen LogP contribution in [-0.4, -0.2) is 49.1 Å². The second-order valence-corrected chi connectivity index (χ2v) is 6.59. The molecule has 2 rings (SSSR count). The molecular weight excluding hydrogens is 238 g/mol. The van der Waals surface area contributed by atoms with E-state index in [0.717, 1.165) is 37.9 Å². The highest BCUT2D eigenvalue weighted by molar-refractivity contribution is 5.78. The van der Waals surface area contributed by atoms with Gasteiger partial charge in [0.1, 0.15) is 0 Å². The van der Waals surface area contributed by atoms with Crippen LogP contribution >= 0.6 is 0 Å². The van der Waals surface area contributed by atoms with Crippen molar-refractivity contribution in [3.63, 3.8) is 0 Å². The minimum Gasteiger partial charge on any atom is -0.352 e. The summed E-state index contributed by atoms with van der Waals surface area (Å²) in [5, 5.41) is 6.60. The summed E-state index contributed by atoms with van der Waals surface area (Å²) in [5.41, 5.74) is 0. The monoisotopic (exact) mass is 267 g/mol. The summed E-state index contributed by atoms with van der Waals surface area (Å²) in [5.74, 6) is 2.18. The van der Waals surface area contributed by atoms with Crippen molar-refractivity contribution in [1.82, 2.24) is 15.5 Å². The highest BCUT2D eigenvalue weighted by Crippen LogP contribution is 2.33. The Labute approximate surface area is 117 Å². The molecule has 0 aromatic carbocycles. The molecule has 0 spiro atoms. The first-order valence-electron chi connectivity index (χ1n) is 7.77. The minimum absolute atomic E-state index is 0.188. The summed E-state index contributed by atoms with van der Waals surface area (Å²) in [6.45, 7) is 12.5.